The maximum absolute atomic E-state index is 5.43. The smallest absolute Gasteiger partial charge is 0.145 e. The van der Waals surface area contributed by atoms with Gasteiger partial charge in [0.2, 0.25) is 0 Å². The summed E-state index contributed by atoms with van der Waals surface area (Å²) in [6, 6.07) is 1.92. The Labute approximate surface area is 114 Å². The van der Waals surface area contributed by atoms with Crippen LogP contribution in [0.15, 0.2) is 6.07 Å². The zero-order chi connectivity index (χ0) is 13.2. The van der Waals surface area contributed by atoms with Gasteiger partial charge in [-0.3, -0.25) is 4.90 Å². The summed E-state index contributed by atoms with van der Waals surface area (Å²) in [5, 5.41) is 0. The largest absolute Gasteiger partial charge is 0.354 e. The lowest BCUT2D eigenvalue weighted by molar-refractivity contribution is 0.247. The van der Waals surface area contributed by atoms with Crippen LogP contribution in [0.2, 0.25) is 0 Å². The minimum atomic E-state index is 0.683. The van der Waals surface area contributed by atoms with Crippen molar-refractivity contribution >= 4 is 11.6 Å². The van der Waals surface area contributed by atoms with Gasteiger partial charge in [0.25, 0.3) is 0 Å². The van der Waals surface area contributed by atoms with E-state index in [1.807, 2.05) is 13.0 Å². The van der Waals surface area contributed by atoms with Gasteiger partial charge in [0.1, 0.15) is 17.5 Å². The van der Waals surface area contributed by atoms with E-state index in [1.54, 1.807) is 0 Å². The minimum Gasteiger partial charge on any atom is -0.354 e. The number of hydrogen-bond acceptors (Lipinski definition) is 6. The van der Waals surface area contributed by atoms with E-state index in [4.69, 9.17) is 5.84 Å². The fraction of sp³-hybridized carbons (Fsp3) is 0.692. The standard InChI is InChI=1S/C13H22N6/c1-10-15-12(17-14)8-13(16-10)19-6-4-18(5-7-19)9-11-2-3-11/h8,11H,2-7,9,14H2,1H3,(H,15,16,17). The van der Waals surface area contributed by atoms with Crippen LogP contribution in [0.1, 0.15) is 18.7 Å². The van der Waals surface area contributed by atoms with Crippen LogP contribution in [0.5, 0.6) is 0 Å². The molecule has 2 aliphatic rings. The van der Waals surface area contributed by atoms with E-state index in [-0.39, 0.29) is 0 Å². The van der Waals surface area contributed by atoms with Gasteiger partial charge < -0.3 is 10.3 Å². The van der Waals surface area contributed by atoms with Gasteiger partial charge >= 0.3 is 0 Å². The van der Waals surface area contributed by atoms with Gasteiger partial charge in [-0.2, -0.15) is 0 Å². The molecule has 3 N–H and O–H groups in total. The molecule has 0 unspecified atom stereocenters. The zero-order valence-corrected chi connectivity index (χ0v) is 11.5. The Kier molecular flexibility index (Phi) is 3.52. The van der Waals surface area contributed by atoms with Crippen molar-refractivity contribution in [1.29, 1.82) is 0 Å². The van der Waals surface area contributed by atoms with Crippen molar-refractivity contribution in [2.24, 2.45) is 11.8 Å². The van der Waals surface area contributed by atoms with Gasteiger partial charge in [-0.05, 0) is 25.7 Å². The van der Waals surface area contributed by atoms with Gasteiger partial charge in [0, 0.05) is 38.8 Å². The second-order valence-electron chi connectivity index (χ2n) is 5.53. The van der Waals surface area contributed by atoms with Crippen LogP contribution < -0.4 is 16.2 Å². The maximum Gasteiger partial charge on any atom is 0.145 e. The Morgan fingerprint density at radius 3 is 2.63 bits per heavy atom. The molecule has 0 spiro atoms. The molecule has 0 aromatic carbocycles. The van der Waals surface area contributed by atoms with Crippen molar-refractivity contribution in [3.8, 4) is 0 Å². The lowest BCUT2D eigenvalue weighted by atomic mass is 10.2. The van der Waals surface area contributed by atoms with Crippen LogP contribution in [0, 0.1) is 12.8 Å². The number of hydrazine groups is 1. The first kappa shape index (κ1) is 12.6. The molecule has 2 fully saturated rings. The van der Waals surface area contributed by atoms with Crippen LogP contribution in [0.25, 0.3) is 0 Å². The Hall–Kier alpha value is -1.40. The number of piperazine rings is 1. The van der Waals surface area contributed by atoms with Crippen molar-refractivity contribution < 1.29 is 0 Å². The van der Waals surface area contributed by atoms with E-state index in [1.165, 1.54) is 19.4 Å². The summed E-state index contributed by atoms with van der Waals surface area (Å²) in [5.74, 6) is 8.82. The minimum absolute atomic E-state index is 0.683. The fourth-order valence-electron chi connectivity index (χ4n) is 2.61. The summed E-state index contributed by atoms with van der Waals surface area (Å²) in [6.07, 6.45) is 2.85. The molecule has 104 valence electrons. The summed E-state index contributed by atoms with van der Waals surface area (Å²) in [4.78, 5) is 13.6. The van der Waals surface area contributed by atoms with Crippen LogP contribution in [-0.4, -0.2) is 47.6 Å². The molecule has 19 heavy (non-hydrogen) atoms. The number of aromatic nitrogens is 2. The number of hydrogen-bond donors (Lipinski definition) is 2. The van der Waals surface area contributed by atoms with Crippen LogP contribution in [0.3, 0.4) is 0 Å². The Morgan fingerprint density at radius 2 is 2.00 bits per heavy atom. The topological polar surface area (TPSA) is 70.3 Å². The number of anilines is 2. The molecule has 6 heteroatoms. The monoisotopic (exact) mass is 262 g/mol. The third-order valence-electron chi connectivity index (χ3n) is 3.88. The van der Waals surface area contributed by atoms with Gasteiger partial charge in [-0.25, -0.2) is 15.8 Å². The molecule has 1 saturated carbocycles. The van der Waals surface area contributed by atoms with E-state index in [0.29, 0.717) is 5.82 Å². The van der Waals surface area contributed by atoms with Crippen molar-refractivity contribution in [2.45, 2.75) is 19.8 Å². The lowest BCUT2D eigenvalue weighted by Gasteiger charge is -2.35. The summed E-state index contributed by atoms with van der Waals surface area (Å²) >= 11 is 0. The number of aryl methyl sites for hydroxylation is 1. The quantitative estimate of drug-likeness (QED) is 0.612. The van der Waals surface area contributed by atoms with Gasteiger partial charge in [0.05, 0.1) is 0 Å². The third-order valence-corrected chi connectivity index (χ3v) is 3.88. The molecular formula is C13H22N6. The van der Waals surface area contributed by atoms with Crippen molar-refractivity contribution in [3.63, 3.8) is 0 Å². The molecule has 0 radical (unpaired) electrons. The average Bonchev–Trinajstić information content (AvgIpc) is 3.23. The number of rotatable bonds is 4. The van der Waals surface area contributed by atoms with Crippen molar-refractivity contribution in [1.82, 2.24) is 14.9 Å². The molecule has 0 amide bonds. The normalized spacial score (nSPS) is 20.6. The van der Waals surface area contributed by atoms with E-state index in [0.717, 1.165) is 43.7 Å². The molecule has 6 nitrogen and oxygen atoms in total. The van der Waals surface area contributed by atoms with Crippen LogP contribution in [0.4, 0.5) is 11.6 Å². The summed E-state index contributed by atoms with van der Waals surface area (Å²) in [7, 11) is 0. The van der Waals surface area contributed by atoms with E-state index in [9.17, 15) is 0 Å². The van der Waals surface area contributed by atoms with Gasteiger partial charge in [-0.1, -0.05) is 0 Å². The second kappa shape index (κ2) is 5.30. The average molecular weight is 262 g/mol. The highest BCUT2D eigenvalue weighted by molar-refractivity contribution is 5.49. The number of nitrogens with two attached hydrogens (primary N) is 1. The summed E-state index contributed by atoms with van der Waals surface area (Å²) < 4.78 is 0. The SMILES string of the molecule is Cc1nc(NN)cc(N2CCN(CC3CC3)CC2)n1. The molecule has 1 aliphatic carbocycles. The van der Waals surface area contributed by atoms with E-state index >= 15 is 0 Å². The molecule has 0 bridgehead atoms. The maximum atomic E-state index is 5.43. The highest BCUT2D eigenvalue weighted by atomic mass is 15.3. The number of nitrogen functional groups attached to an aromatic ring is 1. The van der Waals surface area contributed by atoms with Crippen LogP contribution in [-0.2, 0) is 0 Å². The second-order valence-corrected chi connectivity index (χ2v) is 5.53. The third kappa shape index (κ3) is 3.13. The molecule has 2 heterocycles. The predicted octanol–water partition coefficient (Wildman–Crippen LogP) is 0.603. The lowest BCUT2D eigenvalue weighted by Crippen LogP contribution is -2.47. The highest BCUT2D eigenvalue weighted by Gasteiger charge is 2.26. The molecule has 0 atom stereocenters. The van der Waals surface area contributed by atoms with E-state index < -0.39 is 0 Å². The van der Waals surface area contributed by atoms with E-state index in [2.05, 4.69) is 25.2 Å². The Balaban J connectivity index is 1.62. The van der Waals surface area contributed by atoms with Gasteiger partial charge in [0.15, 0.2) is 0 Å². The number of nitrogens with one attached hydrogen (secondary N) is 1. The molecule has 1 aromatic heterocycles. The zero-order valence-electron chi connectivity index (χ0n) is 11.5. The van der Waals surface area contributed by atoms with Gasteiger partial charge in [-0.15, -0.1) is 0 Å². The summed E-state index contributed by atoms with van der Waals surface area (Å²) in [5.41, 5.74) is 2.60. The molecular weight excluding hydrogens is 240 g/mol. The molecule has 1 aliphatic heterocycles. The fourth-order valence-corrected chi connectivity index (χ4v) is 2.61. The number of nitrogens with zero attached hydrogens (tertiary/aromatic N) is 4. The van der Waals surface area contributed by atoms with Crippen molar-refractivity contribution in [2.75, 3.05) is 43.0 Å². The molecule has 1 aromatic rings. The van der Waals surface area contributed by atoms with Crippen molar-refractivity contribution in [3.05, 3.63) is 11.9 Å². The first-order chi connectivity index (χ1) is 9.24. The van der Waals surface area contributed by atoms with Crippen LogP contribution >= 0.6 is 0 Å². The molecule has 1 saturated heterocycles. The first-order valence-electron chi connectivity index (χ1n) is 7.04. The predicted molar refractivity (Wildman–Crippen MR) is 76.0 cm³/mol. The molecule has 3 rings (SSSR count). The first-order valence-corrected chi connectivity index (χ1v) is 7.04. The summed E-state index contributed by atoms with van der Waals surface area (Å²) in [6.45, 7) is 7.51. The Morgan fingerprint density at radius 1 is 1.26 bits per heavy atom. The highest BCUT2D eigenvalue weighted by Crippen LogP contribution is 2.30. The Bertz CT molecular complexity index is 437.